The molecular formula is C16H14ClN3. The largest absolute Gasteiger partial charge is 0.381 e. The van der Waals surface area contributed by atoms with Crippen LogP contribution >= 0.6 is 11.6 Å². The van der Waals surface area contributed by atoms with E-state index in [1.54, 1.807) is 6.33 Å². The molecule has 0 fully saturated rings. The molecule has 1 aromatic heterocycles. The number of hydrogen-bond donors (Lipinski definition) is 2. The molecule has 0 amide bonds. The Balaban J connectivity index is 1.67. The first-order valence-electron chi connectivity index (χ1n) is 6.38. The fourth-order valence-corrected chi connectivity index (χ4v) is 2.25. The summed E-state index contributed by atoms with van der Waals surface area (Å²) in [4.78, 5) is 7.11. The van der Waals surface area contributed by atoms with E-state index in [1.807, 2.05) is 24.4 Å². The smallest absolute Gasteiger partial charge is 0.0924 e. The van der Waals surface area contributed by atoms with Crippen LogP contribution in [0.25, 0.3) is 11.3 Å². The Kier molecular flexibility index (Phi) is 3.70. The second-order valence-electron chi connectivity index (χ2n) is 4.53. The Morgan fingerprint density at radius 1 is 1.10 bits per heavy atom. The number of nitrogens with one attached hydrogen (secondary N) is 2. The van der Waals surface area contributed by atoms with Gasteiger partial charge in [0.05, 0.1) is 18.2 Å². The van der Waals surface area contributed by atoms with Crippen LogP contribution in [0.5, 0.6) is 0 Å². The van der Waals surface area contributed by atoms with Gasteiger partial charge in [0.1, 0.15) is 0 Å². The van der Waals surface area contributed by atoms with Crippen molar-refractivity contribution in [3.63, 3.8) is 0 Å². The molecule has 0 radical (unpaired) electrons. The minimum Gasteiger partial charge on any atom is -0.381 e. The lowest BCUT2D eigenvalue weighted by atomic mass is 10.1. The fraction of sp³-hybridized carbons (Fsp3) is 0.0625. The minimum atomic E-state index is 0.754. The molecule has 0 aliphatic rings. The quantitative estimate of drug-likeness (QED) is 0.748. The first-order chi connectivity index (χ1) is 9.81. The zero-order valence-corrected chi connectivity index (χ0v) is 11.6. The average Bonchev–Trinajstić information content (AvgIpc) is 3.00. The molecule has 3 aromatic rings. The van der Waals surface area contributed by atoms with E-state index in [0.29, 0.717) is 0 Å². The molecule has 4 heteroatoms. The Morgan fingerprint density at radius 2 is 1.95 bits per heavy atom. The van der Waals surface area contributed by atoms with E-state index in [2.05, 4.69) is 45.6 Å². The van der Waals surface area contributed by atoms with Crippen molar-refractivity contribution in [2.75, 3.05) is 5.32 Å². The molecular weight excluding hydrogens is 270 g/mol. The molecule has 0 atom stereocenters. The molecule has 3 rings (SSSR count). The van der Waals surface area contributed by atoms with Crippen LogP contribution in [-0.4, -0.2) is 9.97 Å². The van der Waals surface area contributed by atoms with Gasteiger partial charge in [0.15, 0.2) is 0 Å². The third-order valence-electron chi connectivity index (χ3n) is 3.08. The summed E-state index contributed by atoms with van der Waals surface area (Å²) >= 11 is 5.97. The zero-order valence-electron chi connectivity index (χ0n) is 10.8. The number of aromatic amines is 1. The third kappa shape index (κ3) is 3.00. The Morgan fingerprint density at radius 3 is 2.65 bits per heavy atom. The number of H-pyrrole nitrogens is 1. The van der Waals surface area contributed by atoms with Crippen molar-refractivity contribution in [1.82, 2.24) is 9.97 Å². The molecule has 0 unspecified atom stereocenters. The van der Waals surface area contributed by atoms with Crippen LogP contribution in [0.1, 0.15) is 5.56 Å². The van der Waals surface area contributed by atoms with Gasteiger partial charge in [0, 0.05) is 17.3 Å². The Hall–Kier alpha value is -2.26. The van der Waals surface area contributed by atoms with Crippen LogP contribution in [0.2, 0.25) is 5.02 Å². The van der Waals surface area contributed by atoms with Crippen LogP contribution in [0.3, 0.4) is 0 Å². The molecule has 0 spiro atoms. The van der Waals surface area contributed by atoms with Gasteiger partial charge in [-0.15, -0.1) is 0 Å². The number of nitrogens with zero attached hydrogens (tertiary/aromatic N) is 1. The molecule has 1 heterocycles. The molecule has 0 bridgehead atoms. The molecule has 0 aliphatic carbocycles. The molecule has 2 aromatic carbocycles. The first-order valence-corrected chi connectivity index (χ1v) is 6.76. The number of imidazole rings is 1. The van der Waals surface area contributed by atoms with E-state index in [4.69, 9.17) is 11.6 Å². The summed E-state index contributed by atoms with van der Waals surface area (Å²) in [7, 11) is 0. The van der Waals surface area contributed by atoms with Gasteiger partial charge in [-0.1, -0.05) is 35.9 Å². The molecule has 3 nitrogen and oxygen atoms in total. The normalized spacial score (nSPS) is 10.4. The second-order valence-corrected chi connectivity index (χ2v) is 4.96. The summed E-state index contributed by atoms with van der Waals surface area (Å²) in [5.41, 5.74) is 4.38. The molecule has 0 aliphatic heterocycles. The summed E-state index contributed by atoms with van der Waals surface area (Å²) < 4.78 is 0. The maximum absolute atomic E-state index is 5.97. The summed E-state index contributed by atoms with van der Waals surface area (Å²) in [5, 5.41) is 4.14. The fourth-order valence-electron chi connectivity index (χ4n) is 2.03. The van der Waals surface area contributed by atoms with E-state index in [0.717, 1.165) is 34.1 Å². The second kappa shape index (κ2) is 5.80. The number of anilines is 1. The van der Waals surface area contributed by atoms with Gasteiger partial charge >= 0.3 is 0 Å². The number of rotatable bonds is 4. The van der Waals surface area contributed by atoms with Crippen molar-refractivity contribution in [1.29, 1.82) is 0 Å². The summed E-state index contributed by atoms with van der Waals surface area (Å²) in [6.45, 7) is 0.754. The Labute approximate surface area is 122 Å². The number of aromatic nitrogens is 2. The van der Waals surface area contributed by atoms with Gasteiger partial charge in [-0.05, 0) is 35.4 Å². The van der Waals surface area contributed by atoms with Gasteiger partial charge in [0.25, 0.3) is 0 Å². The first kappa shape index (κ1) is 12.8. The molecule has 100 valence electrons. The highest BCUT2D eigenvalue weighted by Crippen LogP contribution is 2.19. The standard InChI is InChI=1S/C16H14ClN3/c17-14-3-1-2-12(8-14)9-19-15-6-4-13(5-7-15)16-10-18-11-20-16/h1-8,10-11,19H,9H2,(H,18,20). The van der Waals surface area contributed by atoms with Crippen LogP contribution in [0.15, 0.2) is 61.1 Å². The zero-order chi connectivity index (χ0) is 13.8. The maximum atomic E-state index is 5.97. The van der Waals surface area contributed by atoms with E-state index in [1.165, 1.54) is 0 Å². The Bertz CT molecular complexity index is 675. The van der Waals surface area contributed by atoms with Crippen molar-refractivity contribution in [3.05, 3.63) is 71.6 Å². The van der Waals surface area contributed by atoms with Crippen LogP contribution in [-0.2, 0) is 6.54 Å². The van der Waals surface area contributed by atoms with Gasteiger partial charge in [-0.25, -0.2) is 4.98 Å². The van der Waals surface area contributed by atoms with Crippen LogP contribution < -0.4 is 5.32 Å². The predicted molar refractivity (Wildman–Crippen MR) is 82.8 cm³/mol. The van der Waals surface area contributed by atoms with Crippen molar-refractivity contribution in [2.24, 2.45) is 0 Å². The van der Waals surface area contributed by atoms with E-state index in [-0.39, 0.29) is 0 Å². The average molecular weight is 284 g/mol. The summed E-state index contributed by atoms with van der Waals surface area (Å²) in [6.07, 6.45) is 3.50. The highest BCUT2D eigenvalue weighted by atomic mass is 35.5. The highest BCUT2D eigenvalue weighted by molar-refractivity contribution is 6.30. The van der Waals surface area contributed by atoms with Gasteiger partial charge in [-0.2, -0.15) is 0 Å². The predicted octanol–water partition coefficient (Wildman–Crippen LogP) is 4.34. The number of hydrogen-bond acceptors (Lipinski definition) is 2. The summed E-state index contributed by atoms with van der Waals surface area (Å²) in [5.74, 6) is 0. The van der Waals surface area contributed by atoms with Gasteiger partial charge < -0.3 is 10.3 Å². The van der Waals surface area contributed by atoms with Gasteiger partial charge in [-0.3, -0.25) is 0 Å². The lowest BCUT2D eigenvalue weighted by Gasteiger charge is -2.07. The lowest BCUT2D eigenvalue weighted by molar-refractivity contribution is 1.15. The third-order valence-corrected chi connectivity index (χ3v) is 3.31. The summed E-state index contributed by atoms with van der Waals surface area (Å²) in [6, 6.07) is 16.1. The van der Waals surface area contributed by atoms with Crippen molar-refractivity contribution >= 4 is 17.3 Å². The van der Waals surface area contributed by atoms with Gasteiger partial charge in [0.2, 0.25) is 0 Å². The van der Waals surface area contributed by atoms with E-state index < -0.39 is 0 Å². The highest BCUT2D eigenvalue weighted by Gasteiger charge is 1.99. The molecule has 2 N–H and O–H groups in total. The molecule has 20 heavy (non-hydrogen) atoms. The van der Waals surface area contributed by atoms with Crippen molar-refractivity contribution < 1.29 is 0 Å². The maximum Gasteiger partial charge on any atom is 0.0924 e. The van der Waals surface area contributed by atoms with Crippen LogP contribution in [0, 0.1) is 0 Å². The monoisotopic (exact) mass is 283 g/mol. The SMILES string of the molecule is Clc1cccc(CNc2ccc(-c3cnc[nH]3)cc2)c1. The number of benzene rings is 2. The topological polar surface area (TPSA) is 40.7 Å². The minimum absolute atomic E-state index is 0.754. The van der Waals surface area contributed by atoms with Crippen LogP contribution in [0.4, 0.5) is 5.69 Å². The van der Waals surface area contributed by atoms with Crippen molar-refractivity contribution in [2.45, 2.75) is 6.54 Å². The molecule has 0 saturated heterocycles. The number of halogens is 1. The lowest BCUT2D eigenvalue weighted by Crippen LogP contribution is -1.98. The molecule has 0 saturated carbocycles. The van der Waals surface area contributed by atoms with E-state index in [9.17, 15) is 0 Å². The van der Waals surface area contributed by atoms with E-state index >= 15 is 0 Å². The van der Waals surface area contributed by atoms with Crippen molar-refractivity contribution in [3.8, 4) is 11.3 Å².